The third-order valence-corrected chi connectivity index (χ3v) is 3.26. The number of methoxy groups -OCH3 is 1. The number of carbonyl (C=O) groups is 1. The van der Waals surface area contributed by atoms with Gasteiger partial charge in [-0.2, -0.15) is 0 Å². The van der Waals surface area contributed by atoms with E-state index >= 15 is 0 Å². The van der Waals surface area contributed by atoms with Crippen LogP contribution >= 0.6 is 15.9 Å². The Hall–Kier alpha value is -1.40. The van der Waals surface area contributed by atoms with Gasteiger partial charge in [0.15, 0.2) is 5.69 Å². The molecule has 0 saturated carbocycles. The number of hydrogen-bond acceptors (Lipinski definition) is 4. The maximum absolute atomic E-state index is 11.7. The van der Waals surface area contributed by atoms with E-state index in [-0.39, 0.29) is 6.10 Å². The maximum Gasteiger partial charge on any atom is 0.358 e. The van der Waals surface area contributed by atoms with Crippen molar-refractivity contribution in [1.29, 1.82) is 0 Å². The van der Waals surface area contributed by atoms with Gasteiger partial charge in [0.1, 0.15) is 5.65 Å². The molecule has 0 amide bonds. The van der Waals surface area contributed by atoms with E-state index in [9.17, 15) is 4.79 Å². The molecule has 0 bridgehead atoms. The van der Waals surface area contributed by atoms with Gasteiger partial charge in [-0.1, -0.05) is 0 Å². The van der Waals surface area contributed by atoms with E-state index < -0.39 is 5.97 Å². The minimum absolute atomic E-state index is 0.113. The topological polar surface area (TPSA) is 52.8 Å². The van der Waals surface area contributed by atoms with Gasteiger partial charge in [-0.05, 0) is 35.8 Å². The average molecular weight is 327 g/mol. The number of carbonyl (C=O) groups excluding carboxylic acids is 1. The third kappa shape index (κ3) is 2.79. The second-order valence-corrected chi connectivity index (χ2v) is 4.98. The standard InChI is InChI=1S/C13H15BrN2O3/c1-4-19-13(17)11-7-16-6-9(14)5-10(8(2)18-3)12(16)15-11/h5-8H,4H2,1-3H3/t8-/m1/s1. The van der Waals surface area contributed by atoms with Crippen LogP contribution in [0.5, 0.6) is 0 Å². The van der Waals surface area contributed by atoms with Crippen LogP contribution < -0.4 is 0 Å². The lowest BCUT2D eigenvalue weighted by Gasteiger charge is -2.11. The van der Waals surface area contributed by atoms with Crippen LogP contribution in [-0.2, 0) is 9.47 Å². The van der Waals surface area contributed by atoms with Crippen LogP contribution in [0.25, 0.3) is 5.65 Å². The molecule has 2 heterocycles. The molecule has 1 atom stereocenters. The molecule has 19 heavy (non-hydrogen) atoms. The molecule has 0 saturated heterocycles. The molecule has 102 valence electrons. The second-order valence-electron chi connectivity index (χ2n) is 4.07. The Morgan fingerprint density at radius 3 is 2.89 bits per heavy atom. The summed E-state index contributed by atoms with van der Waals surface area (Å²) in [6.45, 7) is 4.03. The second kappa shape index (κ2) is 5.71. The number of esters is 1. The first-order chi connectivity index (χ1) is 9.06. The van der Waals surface area contributed by atoms with Crippen LogP contribution in [0.3, 0.4) is 0 Å². The van der Waals surface area contributed by atoms with Crippen molar-refractivity contribution in [2.45, 2.75) is 20.0 Å². The highest BCUT2D eigenvalue weighted by molar-refractivity contribution is 9.10. The smallest absolute Gasteiger partial charge is 0.358 e. The highest BCUT2D eigenvalue weighted by Gasteiger charge is 2.17. The lowest BCUT2D eigenvalue weighted by atomic mass is 10.2. The van der Waals surface area contributed by atoms with Gasteiger partial charge in [0.25, 0.3) is 0 Å². The number of hydrogen-bond donors (Lipinski definition) is 0. The molecule has 2 rings (SSSR count). The molecule has 0 aliphatic rings. The van der Waals surface area contributed by atoms with Gasteiger partial charge in [0.2, 0.25) is 0 Å². The minimum atomic E-state index is -0.418. The third-order valence-electron chi connectivity index (χ3n) is 2.82. The highest BCUT2D eigenvalue weighted by Crippen LogP contribution is 2.25. The van der Waals surface area contributed by atoms with Gasteiger partial charge in [-0.3, -0.25) is 0 Å². The summed E-state index contributed by atoms with van der Waals surface area (Å²) in [5, 5.41) is 0. The molecule has 2 aromatic rings. The van der Waals surface area contributed by atoms with Crippen LogP contribution in [0, 0.1) is 0 Å². The van der Waals surface area contributed by atoms with E-state index in [0.29, 0.717) is 17.9 Å². The number of fused-ring (bicyclic) bond motifs is 1. The first kappa shape index (κ1) is 14.0. The summed E-state index contributed by atoms with van der Waals surface area (Å²) in [5.74, 6) is -0.418. The van der Waals surface area contributed by atoms with Crippen molar-refractivity contribution in [3.63, 3.8) is 0 Å². The van der Waals surface area contributed by atoms with Crippen molar-refractivity contribution in [2.75, 3.05) is 13.7 Å². The summed E-state index contributed by atoms with van der Waals surface area (Å²) in [4.78, 5) is 16.0. The van der Waals surface area contributed by atoms with Crippen molar-refractivity contribution in [1.82, 2.24) is 9.38 Å². The molecule has 0 aromatic carbocycles. The zero-order valence-corrected chi connectivity index (χ0v) is 12.6. The SMILES string of the molecule is CCOC(=O)c1cn2cc(Br)cc([C@@H](C)OC)c2n1. The van der Waals surface area contributed by atoms with E-state index in [2.05, 4.69) is 20.9 Å². The van der Waals surface area contributed by atoms with Gasteiger partial charge >= 0.3 is 5.97 Å². The van der Waals surface area contributed by atoms with Gasteiger partial charge in [0, 0.05) is 29.5 Å². The molecular formula is C13H15BrN2O3. The number of rotatable bonds is 4. The predicted molar refractivity (Wildman–Crippen MR) is 74.3 cm³/mol. The number of nitrogens with zero attached hydrogens (tertiary/aromatic N) is 2. The monoisotopic (exact) mass is 326 g/mol. The molecule has 2 aromatic heterocycles. The molecule has 0 N–H and O–H groups in total. The molecule has 5 nitrogen and oxygen atoms in total. The lowest BCUT2D eigenvalue weighted by Crippen LogP contribution is -2.04. The van der Waals surface area contributed by atoms with Crippen molar-refractivity contribution in [2.24, 2.45) is 0 Å². The number of ether oxygens (including phenoxy) is 2. The first-order valence-corrected chi connectivity index (χ1v) is 6.74. The Bertz CT molecular complexity index is 609. The first-order valence-electron chi connectivity index (χ1n) is 5.94. The van der Waals surface area contributed by atoms with Crippen LogP contribution in [0.4, 0.5) is 0 Å². The Balaban J connectivity index is 2.55. The summed E-state index contributed by atoms with van der Waals surface area (Å²) in [5.41, 5.74) is 1.90. The highest BCUT2D eigenvalue weighted by atomic mass is 79.9. The molecule has 0 spiro atoms. The summed E-state index contributed by atoms with van der Waals surface area (Å²) >= 11 is 3.44. The quantitative estimate of drug-likeness (QED) is 0.810. The zero-order valence-electron chi connectivity index (χ0n) is 11.0. The Morgan fingerprint density at radius 2 is 2.26 bits per heavy atom. The lowest BCUT2D eigenvalue weighted by molar-refractivity contribution is 0.0520. The van der Waals surface area contributed by atoms with Crippen LogP contribution in [-0.4, -0.2) is 29.1 Å². The number of pyridine rings is 1. The molecule has 0 fully saturated rings. The van der Waals surface area contributed by atoms with Gasteiger partial charge in [-0.25, -0.2) is 9.78 Å². The van der Waals surface area contributed by atoms with Crippen molar-refractivity contribution >= 4 is 27.5 Å². The Morgan fingerprint density at radius 1 is 1.53 bits per heavy atom. The van der Waals surface area contributed by atoms with E-state index in [4.69, 9.17) is 9.47 Å². The summed E-state index contributed by atoms with van der Waals surface area (Å²) in [6, 6.07) is 1.94. The molecule has 6 heteroatoms. The molecular weight excluding hydrogens is 312 g/mol. The van der Waals surface area contributed by atoms with Crippen molar-refractivity contribution in [3.05, 3.63) is 34.2 Å². The fourth-order valence-electron chi connectivity index (χ4n) is 1.82. The maximum atomic E-state index is 11.7. The number of imidazole rings is 1. The van der Waals surface area contributed by atoms with Crippen LogP contribution in [0.1, 0.15) is 36.0 Å². The molecule has 0 unspecified atom stereocenters. The van der Waals surface area contributed by atoms with E-state index in [1.54, 1.807) is 24.6 Å². The fourth-order valence-corrected chi connectivity index (χ4v) is 2.29. The summed E-state index contributed by atoms with van der Waals surface area (Å²) < 4.78 is 13.0. The molecule has 0 aliphatic heterocycles. The van der Waals surface area contributed by atoms with E-state index in [1.165, 1.54) is 0 Å². The minimum Gasteiger partial charge on any atom is -0.461 e. The summed E-state index contributed by atoms with van der Waals surface area (Å²) in [7, 11) is 1.64. The van der Waals surface area contributed by atoms with Crippen LogP contribution in [0.2, 0.25) is 0 Å². The normalized spacial score (nSPS) is 12.6. The van der Waals surface area contributed by atoms with Gasteiger partial charge in [0.05, 0.1) is 12.7 Å². The van der Waals surface area contributed by atoms with E-state index in [0.717, 1.165) is 10.0 Å². The van der Waals surface area contributed by atoms with Gasteiger partial charge in [-0.15, -0.1) is 0 Å². The number of aromatic nitrogens is 2. The Labute approximate surface area is 119 Å². The van der Waals surface area contributed by atoms with Crippen molar-refractivity contribution < 1.29 is 14.3 Å². The zero-order chi connectivity index (χ0) is 14.0. The fraction of sp³-hybridized carbons (Fsp3) is 0.385. The van der Waals surface area contributed by atoms with Crippen molar-refractivity contribution in [3.8, 4) is 0 Å². The van der Waals surface area contributed by atoms with Crippen LogP contribution in [0.15, 0.2) is 22.9 Å². The number of halogens is 1. The Kier molecular flexibility index (Phi) is 4.21. The largest absolute Gasteiger partial charge is 0.461 e. The molecule has 0 radical (unpaired) electrons. The average Bonchev–Trinajstić information content (AvgIpc) is 2.80. The predicted octanol–water partition coefficient (Wildman–Crippen LogP) is 2.98. The van der Waals surface area contributed by atoms with Gasteiger partial charge < -0.3 is 13.9 Å². The van der Waals surface area contributed by atoms with E-state index in [1.807, 2.05) is 19.2 Å². The molecule has 0 aliphatic carbocycles. The summed E-state index contributed by atoms with van der Waals surface area (Å²) in [6.07, 6.45) is 3.39.